The second-order valence-electron chi connectivity index (χ2n) is 6.89. The van der Waals surface area contributed by atoms with Crippen LogP contribution in [0.3, 0.4) is 0 Å². The highest BCUT2D eigenvalue weighted by molar-refractivity contribution is 5.90. The van der Waals surface area contributed by atoms with Gasteiger partial charge < -0.3 is 20.9 Å². The molecule has 3 aromatic rings. The molecule has 1 aliphatic rings. The monoisotopic (exact) mass is 376 g/mol. The van der Waals surface area contributed by atoms with Crippen molar-refractivity contribution in [2.45, 2.75) is 13.0 Å². The van der Waals surface area contributed by atoms with Crippen molar-refractivity contribution in [3.8, 4) is 0 Å². The molecule has 3 N–H and O–H groups in total. The largest absolute Gasteiger partial charge is 0.365 e. The van der Waals surface area contributed by atoms with Gasteiger partial charge in [-0.1, -0.05) is 42.5 Å². The van der Waals surface area contributed by atoms with E-state index < -0.39 is 0 Å². The number of nitrogens with one attached hydrogen (secondary N) is 1. The highest BCUT2D eigenvalue weighted by Crippen LogP contribution is 2.24. The number of benzene rings is 2. The lowest BCUT2D eigenvalue weighted by molar-refractivity contribution is 0.211. The summed E-state index contributed by atoms with van der Waals surface area (Å²) in [6.07, 6.45) is 0.839. The van der Waals surface area contributed by atoms with Crippen molar-refractivity contribution >= 4 is 28.7 Å². The number of primary amides is 1. The molecule has 7 heteroatoms. The molecule has 28 heavy (non-hydrogen) atoms. The maximum Gasteiger partial charge on any atom is 0.314 e. The molecule has 1 saturated heterocycles. The first-order chi connectivity index (χ1) is 13.7. The molecular weight excluding hydrogens is 352 g/mol. The molecule has 2 amide bonds. The van der Waals surface area contributed by atoms with Gasteiger partial charge in [0.15, 0.2) is 0 Å². The molecule has 0 radical (unpaired) electrons. The number of nitrogens with zero attached hydrogens (tertiary/aromatic N) is 4. The lowest BCUT2D eigenvalue weighted by Gasteiger charge is -2.22. The molecule has 1 fully saturated rings. The third-order valence-electron chi connectivity index (χ3n) is 4.98. The van der Waals surface area contributed by atoms with Crippen LogP contribution in [-0.4, -0.2) is 47.1 Å². The minimum absolute atomic E-state index is 0.369. The quantitative estimate of drug-likeness (QED) is 0.731. The number of fused-ring (bicyclic) bond motifs is 1. The summed E-state index contributed by atoms with van der Waals surface area (Å²) < 4.78 is 0. The maximum atomic E-state index is 11.5. The number of hydrogen-bond acceptors (Lipinski definition) is 5. The second-order valence-corrected chi connectivity index (χ2v) is 6.89. The zero-order valence-corrected chi connectivity index (χ0v) is 15.7. The topological polar surface area (TPSA) is 87.4 Å². The van der Waals surface area contributed by atoms with Crippen LogP contribution in [0.5, 0.6) is 0 Å². The number of amides is 2. The second kappa shape index (κ2) is 8.12. The Hall–Kier alpha value is -3.35. The Bertz CT molecular complexity index is 962. The first kappa shape index (κ1) is 18.0. The van der Waals surface area contributed by atoms with E-state index >= 15 is 0 Å². The van der Waals surface area contributed by atoms with Crippen LogP contribution in [0.2, 0.25) is 0 Å². The molecule has 4 rings (SSSR count). The summed E-state index contributed by atoms with van der Waals surface area (Å²) in [5.74, 6) is 1.50. The van der Waals surface area contributed by atoms with E-state index in [1.807, 2.05) is 42.5 Å². The van der Waals surface area contributed by atoms with Gasteiger partial charge in [-0.3, -0.25) is 0 Å². The maximum absolute atomic E-state index is 11.5. The van der Waals surface area contributed by atoms with Gasteiger partial charge in [0.1, 0.15) is 5.82 Å². The van der Waals surface area contributed by atoms with E-state index in [0.29, 0.717) is 32.1 Å². The van der Waals surface area contributed by atoms with Crippen molar-refractivity contribution in [2.24, 2.45) is 5.73 Å². The van der Waals surface area contributed by atoms with E-state index in [-0.39, 0.29) is 6.03 Å². The standard InChI is InChI=1S/C21H24N6O/c22-20(28)26-11-6-12-27(14-13-26)21-24-18-10-5-4-9-17(18)19(25-21)23-15-16-7-2-1-3-8-16/h1-5,7-10H,6,11-15H2,(H2,22,28)(H,23,24,25). The minimum atomic E-state index is -0.369. The van der Waals surface area contributed by atoms with Crippen molar-refractivity contribution in [3.05, 3.63) is 60.2 Å². The third-order valence-corrected chi connectivity index (χ3v) is 4.98. The number of carbonyl (C=O) groups excluding carboxylic acids is 1. The van der Waals surface area contributed by atoms with Crippen molar-refractivity contribution in [1.82, 2.24) is 14.9 Å². The first-order valence-corrected chi connectivity index (χ1v) is 9.54. The van der Waals surface area contributed by atoms with Crippen LogP contribution in [0.25, 0.3) is 10.9 Å². The van der Waals surface area contributed by atoms with Crippen LogP contribution in [0.15, 0.2) is 54.6 Å². The molecule has 0 unspecified atom stereocenters. The van der Waals surface area contributed by atoms with Gasteiger partial charge in [-0.05, 0) is 24.1 Å². The summed E-state index contributed by atoms with van der Waals surface area (Å²) >= 11 is 0. The number of para-hydroxylation sites is 1. The highest BCUT2D eigenvalue weighted by Gasteiger charge is 2.20. The molecule has 2 aromatic carbocycles. The molecule has 0 spiro atoms. The van der Waals surface area contributed by atoms with Gasteiger partial charge in [-0.2, -0.15) is 4.98 Å². The fourth-order valence-electron chi connectivity index (χ4n) is 3.46. The van der Waals surface area contributed by atoms with Gasteiger partial charge in [0.25, 0.3) is 0 Å². The molecule has 0 saturated carbocycles. The molecular formula is C21H24N6O. The van der Waals surface area contributed by atoms with Gasteiger partial charge in [0.2, 0.25) is 5.95 Å². The van der Waals surface area contributed by atoms with Crippen LogP contribution in [0, 0.1) is 0 Å². The number of nitrogens with two attached hydrogens (primary N) is 1. The Balaban J connectivity index is 1.61. The van der Waals surface area contributed by atoms with Crippen LogP contribution in [0.1, 0.15) is 12.0 Å². The fraction of sp³-hybridized carbons (Fsp3) is 0.286. The molecule has 1 aliphatic heterocycles. The Labute approximate surface area is 164 Å². The number of anilines is 2. The predicted octanol–water partition coefficient (Wildman–Crippen LogP) is 2.83. The summed E-state index contributed by atoms with van der Waals surface area (Å²) in [5.41, 5.74) is 7.54. The normalized spacial score (nSPS) is 14.7. The number of carbonyl (C=O) groups is 1. The molecule has 1 aromatic heterocycles. The molecule has 144 valence electrons. The van der Waals surface area contributed by atoms with Gasteiger partial charge in [0, 0.05) is 38.1 Å². The summed E-state index contributed by atoms with van der Waals surface area (Å²) in [7, 11) is 0. The zero-order valence-electron chi connectivity index (χ0n) is 15.7. The number of aromatic nitrogens is 2. The smallest absolute Gasteiger partial charge is 0.314 e. The number of rotatable bonds is 4. The zero-order chi connectivity index (χ0) is 19.3. The van der Waals surface area contributed by atoms with E-state index in [9.17, 15) is 4.79 Å². The minimum Gasteiger partial charge on any atom is -0.365 e. The van der Waals surface area contributed by atoms with Gasteiger partial charge in [-0.25, -0.2) is 9.78 Å². The van der Waals surface area contributed by atoms with Crippen LogP contribution < -0.4 is 16.0 Å². The van der Waals surface area contributed by atoms with Crippen molar-refractivity contribution in [3.63, 3.8) is 0 Å². The molecule has 0 aliphatic carbocycles. The van der Waals surface area contributed by atoms with Gasteiger partial charge in [0.05, 0.1) is 5.52 Å². The van der Waals surface area contributed by atoms with Gasteiger partial charge >= 0.3 is 6.03 Å². The van der Waals surface area contributed by atoms with Crippen molar-refractivity contribution in [1.29, 1.82) is 0 Å². The Morgan fingerprint density at radius 3 is 2.57 bits per heavy atom. The predicted molar refractivity (Wildman–Crippen MR) is 111 cm³/mol. The average molecular weight is 376 g/mol. The van der Waals surface area contributed by atoms with E-state index in [4.69, 9.17) is 15.7 Å². The van der Waals surface area contributed by atoms with E-state index in [2.05, 4.69) is 22.3 Å². The first-order valence-electron chi connectivity index (χ1n) is 9.54. The molecule has 0 bridgehead atoms. The average Bonchev–Trinajstić information content (AvgIpc) is 2.99. The Morgan fingerprint density at radius 2 is 1.75 bits per heavy atom. The summed E-state index contributed by atoms with van der Waals surface area (Å²) in [6, 6.07) is 17.9. The molecule has 7 nitrogen and oxygen atoms in total. The number of urea groups is 1. The number of hydrogen-bond donors (Lipinski definition) is 2. The Kier molecular flexibility index (Phi) is 5.23. The SMILES string of the molecule is NC(=O)N1CCCN(c2nc(NCc3ccccc3)c3ccccc3n2)CC1. The fourth-order valence-corrected chi connectivity index (χ4v) is 3.46. The Morgan fingerprint density at radius 1 is 0.964 bits per heavy atom. The van der Waals surface area contributed by atoms with Crippen LogP contribution >= 0.6 is 0 Å². The lowest BCUT2D eigenvalue weighted by atomic mass is 10.2. The van der Waals surface area contributed by atoms with Crippen molar-refractivity contribution < 1.29 is 4.79 Å². The van der Waals surface area contributed by atoms with E-state index in [1.54, 1.807) is 4.90 Å². The van der Waals surface area contributed by atoms with Gasteiger partial charge in [-0.15, -0.1) is 0 Å². The molecule has 0 atom stereocenters. The van der Waals surface area contributed by atoms with Crippen LogP contribution in [0.4, 0.5) is 16.6 Å². The van der Waals surface area contributed by atoms with Crippen LogP contribution in [-0.2, 0) is 6.54 Å². The summed E-state index contributed by atoms with van der Waals surface area (Å²) in [5, 5.41) is 4.46. The van der Waals surface area contributed by atoms with E-state index in [0.717, 1.165) is 29.7 Å². The summed E-state index contributed by atoms with van der Waals surface area (Å²) in [6.45, 7) is 3.40. The summed E-state index contributed by atoms with van der Waals surface area (Å²) in [4.78, 5) is 24.9. The van der Waals surface area contributed by atoms with Crippen molar-refractivity contribution in [2.75, 3.05) is 36.4 Å². The highest BCUT2D eigenvalue weighted by atomic mass is 16.2. The third kappa shape index (κ3) is 3.98. The molecule has 2 heterocycles. The van der Waals surface area contributed by atoms with E-state index in [1.165, 1.54) is 5.56 Å². The lowest BCUT2D eigenvalue weighted by Crippen LogP contribution is -2.38.